The molecule has 0 saturated carbocycles. The second kappa shape index (κ2) is 12.9. The van der Waals surface area contributed by atoms with Crippen molar-refractivity contribution >= 4 is 28.6 Å². The third-order valence-electron chi connectivity index (χ3n) is 6.68. The smallest absolute Gasteiger partial charge is 0.338 e. The van der Waals surface area contributed by atoms with E-state index in [0.717, 1.165) is 6.42 Å². The molecule has 5 nitrogen and oxygen atoms in total. The fourth-order valence-electron chi connectivity index (χ4n) is 4.63. The number of hydrogen-bond acceptors (Lipinski definition) is 5. The predicted octanol–water partition coefficient (Wildman–Crippen LogP) is 5.78. The number of esters is 1. The van der Waals surface area contributed by atoms with Crippen LogP contribution in [0.15, 0.2) is 52.1 Å². The Labute approximate surface area is 206 Å². The lowest BCUT2D eigenvalue weighted by atomic mass is 9.66. The van der Waals surface area contributed by atoms with E-state index in [2.05, 4.69) is 49.4 Å². The number of carbonyl (C=O) groups excluding carboxylic acids is 1. The summed E-state index contributed by atoms with van der Waals surface area (Å²) >= 11 is 2.15. The van der Waals surface area contributed by atoms with Crippen LogP contribution in [0.25, 0.3) is 0 Å². The summed E-state index contributed by atoms with van der Waals surface area (Å²) < 4.78 is 19.2. The van der Waals surface area contributed by atoms with Crippen molar-refractivity contribution in [2.75, 3.05) is 20.5 Å². The Hall–Kier alpha value is -1.22. The number of carbonyl (C=O) groups is 1. The van der Waals surface area contributed by atoms with E-state index in [9.17, 15) is 9.90 Å². The SMILES string of the molecule is COCO[C@@](C)(/C=C\I)[C@@H](C[C@H]1C(C)=CC[C@H](C(C)C)[C@H]1CO)OC(=O)c1ccccc1. The highest BCUT2D eigenvalue weighted by Crippen LogP contribution is 2.43. The molecule has 5 atom stereocenters. The molecule has 1 aliphatic carbocycles. The van der Waals surface area contributed by atoms with Crippen LogP contribution in [0.5, 0.6) is 0 Å². The van der Waals surface area contributed by atoms with E-state index < -0.39 is 11.7 Å². The first-order chi connectivity index (χ1) is 15.3. The van der Waals surface area contributed by atoms with Crippen LogP contribution in [0, 0.1) is 23.7 Å². The number of halogens is 1. The van der Waals surface area contributed by atoms with E-state index in [-0.39, 0.29) is 31.2 Å². The Morgan fingerprint density at radius 1 is 1.31 bits per heavy atom. The van der Waals surface area contributed by atoms with Crippen molar-refractivity contribution in [3.05, 3.63) is 57.7 Å². The van der Waals surface area contributed by atoms with Crippen LogP contribution in [0.2, 0.25) is 0 Å². The van der Waals surface area contributed by atoms with Gasteiger partial charge in [-0.15, -0.1) is 0 Å². The average Bonchev–Trinajstić information content (AvgIpc) is 2.78. The van der Waals surface area contributed by atoms with E-state index in [1.165, 1.54) is 5.57 Å². The van der Waals surface area contributed by atoms with Crippen LogP contribution < -0.4 is 0 Å². The molecule has 0 bridgehead atoms. The van der Waals surface area contributed by atoms with Crippen molar-refractivity contribution in [3.63, 3.8) is 0 Å². The number of methoxy groups -OCH3 is 1. The van der Waals surface area contributed by atoms with Crippen molar-refractivity contribution in [2.45, 2.75) is 52.2 Å². The summed E-state index contributed by atoms with van der Waals surface area (Å²) in [5.74, 6) is 0.638. The first kappa shape index (κ1) is 27.0. The molecule has 0 aliphatic heterocycles. The predicted molar refractivity (Wildman–Crippen MR) is 136 cm³/mol. The lowest BCUT2D eigenvalue weighted by Gasteiger charge is -2.43. The molecule has 0 radical (unpaired) electrons. The van der Waals surface area contributed by atoms with Gasteiger partial charge in [-0.25, -0.2) is 4.79 Å². The summed E-state index contributed by atoms with van der Waals surface area (Å²) in [5.41, 5.74) is 0.848. The maximum atomic E-state index is 13.0. The highest BCUT2D eigenvalue weighted by Gasteiger charge is 2.42. The molecule has 0 fully saturated rings. The van der Waals surface area contributed by atoms with Gasteiger partial charge in [0.05, 0.1) is 5.56 Å². The number of benzene rings is 1. The fourth-order valence-corrected chi connectivity index (χ4v) is 5.35. The van der Waals surface area contributed by atoms with Gasteiger partial charge in [0, 0.05) is 13.7 Å². The first-order valence-corrected chi connectivity index (χ1v) is 12.5. The van der Waals surface area contributed by atoms with Crippen LogP contribution in [-0.4, -0.2) is 43.3 Å². The molecule has 6 heteroatoms. The molecule has 32 heavy (non-hydrogen) atoms. The average molecular weight is 556 g/mol. The molecule has 0 unspecified atom stereocenters. The molecule has 0 spiro atoms. The number of ether oxygens (including phenoxy) is 3. The molecular weight excluding hydrogens is 519 g/mol. The molecule has 0 heterocycles. The summed E-state index contributed by atoms with van der Waals surface area (Å²) in [6, 6.07) is 9.00. The van der Waals surface area contributed by atoms with Crippen LogP contribution in [-0.2, 0) is 14.2 Å². The van der Waals surface area contributed by atoms with Crippen molar-refractivity contribution in [1.29, 1.82) is 0 Å². The maximum Gasteiger partial charge on any atom is 0.338 e. The Balaban J connectivity index is 2.41. The third kappa shape index (κ3) is 6.89. The minimum absolute atomic E-state index is 0.0778. The van der Waals surface area contributed by atoms with Gasteiger partial charge in [-0.1, -0.05) is 66.3 Å². The normalized spacial score (nSPS) is 24.2. The number of aliphatic hydroxyl groups excluding tert-OH is 1. The van der Waals surface area contributed by atoms with Gasteiger partial charge in [-0.05, 0) is 72.7 Å². The van der Waals surface area contributed by atoms with Gasteiger partial charge >= 0.3 is 5.97 Å². The zero-order valence-electron chi connectivity index (χ0n) is 19.8. The van der Waals surface area contributed by atoms with Crippen LogP contribution >= 0.6 is 22.6 Å². The van der Waals surface area contributed by atoms with Gasteiger partial charge in [0.25, 0.3) is 0 Å². The van der Waals surface area contributed by atoms with Crippen molar-refractivity contribution in [3.8, 4) is 0 Å². The number of rotatable bonds is 11. The highest BCUT2D eigenvalue weighted by atomic mass is 127. The molecule has 0 aromatic heterocycles. The Bertz CT molecular complexity index is 776. The van der Waals surface area contributed by atoms with E-state index >= 15 is 0 Å². The Morgan fingerprint density at radius 3 is 2.56 bits per heavy atom. The standard InChI is InChI=1S/C26H37IO5/c1-18(2)21-12-11-19(3)22(23(21)16-28)15-24(26(4,13-14-27)31-17-30-5)32-25(29)20-9-7-6-8-10-20/h6-11,13-14,18,21-24,28H,12,15-17H2,1-5H3/b14-13-/t21-,22+,23-,24-,26+/m1/s1. The summed E-state index contributed by atoms with van der Waals surface area (Å²) in [6.07, 6.45) is 5.13. The minimum atomic E-state index is -0.882. The zero-order valence-corrected chi connectivity index (χ0v) is 21.9. The van der Waals surface area contributed by atoms with Crippen molar-refractivity contribution in [1.82, 2.24) is 0 Å². The molecule has 0 amide bonds. The van der Waals surface area contributed by atoms with E-state index in [1.54, 1.807) is 19.2 Å². The van der Waals surface area contributed by atoms with E-state index in [4.69, 9.17) is 14.2 Å². The van der Waals surface area contributed by atoms with Crippen molar-refractivity contribution in [2.24, 2.45) is 23.7 Å². The topological polar surface area (TPSA) is 65.0 Å². The maximum absolute atomic E-state index is 13.0. The molecular formula is C26H37IO5. The van der Waals surface area contributed by atoms with Crippen LogP contribution in [0.4, 0.5) is 0 Å². The molecule has 1 aromatic carbocycles. The summed E-state index contributed by atoms with van der Waals surface area (Å²) in [4.78, 5) is 13.0. The Morgan fingerprint density at radius 2 is 2.00 bits per heavy atom. The van der Waals surface area contributed by atoms with Gasteiger partial charge < -0.3 is 19.3 Å². The van der Waals surface area contributed by atoms with Gasteiger partial charge in [0.2, 0.25) is 0 Å². The quantitative estimate of drug-likeness (QED) is 0.162. The molecule has 1 aromatic rings. The second-order valence-corrected chi connectivity index (χ2v) is 9.79. The minimum Gasteiger partial charge on any atom is -0.455 e. The summed E-state index contributed by atoms with van der Waals surface area (Å²) in [5, 5.41) is 10.3. The molecule has 178 valence electrons. The number of allylic oxidation sites excluding steroid dienone is 2. The first-order valence-electron chi connectivity index (χ1n) is 11.2. The van der Waals surface area contributed by atoms with Gasteiger partial charge in [-0.3, -0.25) is 0 Å². The fraction of sp³-hybridized carbons (Fsp3) is 0.577. The molecule has 1 aliphatic rings. The lowest BCUT2D eigenvalue weighted by molar-refractivity contribution is -0.152. The zero-order chi connectivity index (χ0) is 23.7. The van der Waals surface area contributed by atoms with Crippen LogP contribution in [0.3, 0.4) is 0 Å². The summed E-state index contributed by atoms with van der Waals surface area (Å²) in [7, 11) is 1.57. The Kier molecular flexibility index (Phi) is 10.9. The largest absolute Gasteiger partial charge is 0.455 e. The lowest BCUT2D eigenvalue weighted by Crippen LogP contribution is -2.47. The van der Waals surface area contributed by atoms with Gasteiger partial charge in [-0.2, -0.15) is 0 Å². The number of hydrogen-bond donors (Lipinski definition) is 1. The molecule has 1 N–H and O–H groups in total. The van der Waals surface area contributed by atoms with Crippen LogP contribution in [0.1, 0.15) is 50.9 Å². The van der Waals surface area contributed by atoms with Gasteiger partial charge in [0.15, 0.2) is 0 Å². The highest BCUT2D eigenvalue weighted by molar-refractivity contribution is 14.1. The molecule has 2 rings (SSSR count). The van der Waals surface area contributed by atoms with Crippen molar-refractivity contribution < 1.29 is 24.1 Å². The second-order valence-electron chi connectivity index (χ2n) is 9.07. The third-order valence-corrected chi connectivity index (χ3v) is 7.04. The van der Waals surface area contributed by atoms with Gasteiger partial charge in [0.1, 0.15) is 18.5 Å². The number of aliphatic hydroxyl groups is 1. The summed E-state index contributed by atoms with van der Waals surface area (Å²) in [6.45, 7) is 8.62. The monoisotopic (exact) mass is 556 g/mol. The van der Waals surface area contributed by atoms with E-state index in [0.29, 0.717) is 23.8 Å². The molecule has 0 saturated heterocycles. The van der Waals surface area contributed by atoms with E-state index in [1.807, 2.05) is 35.3 Å².